The highest BCUT2D eigenvalue weighted by atomic mass is 16.4. The molecule has 1 aromatic rings. The molecule has 0 aliphatic rings. The van der Waals surface area contributed by atoms with Crippen LogP contribution >= 0.6 is 0 Å². The number of hydrogen-bond donors (Lipinski definition) is 3. The largest absolute Gasteiger partial charge is 0.478 e. The Hall–Kier alpha value is -2.41. The van der Waals surface area contributed by atoms with E-state index in [1.54, 1.807) is 18.2 Å². The molecule has 0 aromatic heterocycles. The van der Waals surface area contributed by atoms with Crippen LogP contribution in [-0.2, 0) is 0 Å². The van der Waals surface area contributed by atoms with E-state index in [1.165, 1.54) is 5.57 Å². The maximum absolute atomic E-state index is 11.2. The van der Waals surface area contributed by atoms with Gasteiger partial charge in [-0.3, -0.25) is 5.01 Å². The van der Waals surface area contributed by atoms with Crippen molar-refractivity contribution in [2.24, 2.45) is 16.3 Å². The number of allylic oxidation sites excluding steroid dienone is 1. The van der Waals surface area contributed by atoms with Crippen LogP contribution in [0.1, 0.15) is 51.4 Å². The van der Waals surface area contributed by atoms with Crippen LogP contribution < -0.4 is 10.6 Å². The van der Waals surface area contributed by atoms with Gasteiger partial charge >= 0.3 is 5.97 Å². The number of carboxylic acid groups (broad SMARTS) is 1. The lowest BCUT2D eigenvalue weighted by atomic mass is 9.97. The lowest BCUT2D eigenvalue weighted by Gasteiger charge is -2.24. The van der Waals surface area contributed by atoms with Crippen LogP contribution in [0.4, 0.5) is 5.69 Å². The molecule has 3 unspecified atom stereocenters. The van der Waals surface area contributed by atoms with Crippen LogP contribution in [0.2, 0.25) is 0 Å². The van der Waals surface area contributed by atoms with Crippen molar-refractivity contribution in [3.63, 3.8) is 0 Å². The summed E-state index contributed by atoms with van der Waals surface area (Å²) in [6.07, 6.45) is 2.89. The molecule has 0 aliphatic carbocycles. The number of carboxylic acids is 1. The lowest BCUT2D eigenvalue weighted by molar-refractivity contribution is 0.0697. The number of carbonyl (C=O) groups is 1. The smallest absolute Gasteiger partial charge is 0.335 e. The minimum absolute atomic E-state index is 0.0855. The zero-order valence-corrected chi connectivity index (χ0v) is 18.8. The Morgan fingerprint density at radius 1 is 1.31 bits per heavy atom. The molecule has 0 fully saturated rings. The molecule has 0 spiro atoms. The van der Waals surface area contributed by atoms with E-state index in [0.717, 1.165) is 18.7 Å². The van der Waals surface area contributed by atoms with Crippen molar-refractivity contribution in [3.05, 3.63) is 41.5 Å². The van der Waals surface area contributed by atoms with Gasteiger partial charge in [-0.2, -0.15) is 5.11 Å². The lowest BCUT2D eigenvalue weighted by Crippen LogP contribution is -2.34. The van der Waals surface area contributed by atoms with Crippen molar-refractivity contribution in [1.29, 1.82) is 0 Å². The Balaban J connectivity index is 2.71. The maximum Gasteiger partial charge on any atom is 0.335 e. The summed E-state index contributed by atoms with van der Waals surface area (Å²) in [5, 5.41) is 26.6. The Bertz CT molecular complexity index is 704. The Morgan fingerprint density at radius 2 is 2.00 bits per heavy atom. The average Bonchev–Trinajstić information content (AvgIpc) is 2.73. The van der Waals surface area contributed by atoms with Gasteiger partial charge < -0.3 is 15.7 Å². The van der Waals surface area contributed by atoms with Gasteiger partial charge in [-0.25, -0.2) is 4.79 Å². The van der Waals surface area contributed by atoms with E-state index in [-0.39, 0.29) is 17.6 Å². The summed E-state index contributed by atoms with van der Waals surface area (Å²) >= 11 is 0. The fraction of sp³-hybridized carbons (Fsp3) is 0.591. The summed E-state index contributed by atoms with van der Waals surface area (Å²) in [4.78, 5) is 11.2. The first-order valence-corrected chi connectivity index (χ1v) is 10.2. The summed E-state index contributed by atoms with van der Waals surface area (Å²) < 4.78 is 0. The van der Waals surface area contributed by atoms with Crippen LogP contribution in [0.25, 0.3) is 0 Å². The molecule has 0 amide bonds. The van der Waals surface area contributed by atoms with E-state index < -0.39 is 5.97 Å². The molecule has 0 aliphatic heterocycles. The van der Waals surface area contributed by atoms with E-state index in [0.29, 0.717) is 12.0 Å². The van der Waals surface area contributed by atoms with E-state index in [4.69, 9.17) is 0 Å². The Kier molecular flexibility index (Phi) is 10.4. The Labute approximate surface area is 175 Å². The molecular weight excluding hydrogens is 366 g/mol. The second-order valence-electron chi connectivity index (χ2n) is 7.67. The molecule has 7 heteroatoms. The molecule has 1 rings (SSSR count). The summed E-state index contributed by atoms with van der Waals surface area (Å²) in [6.45, 7) is 11.2. The first kappa shape index (κ1) is 24.6. The van der Waals surface area contributed by atoms with E-state index in [1.807, 2.05) is 32.1 Å². The third kappa shape index (κ3) is 8.23. The zero-order chi connectivity index (χ0) is 22.0. The molecule has 4 atom stereocenters. The van der Waals surface area contributed by atoms with Crippen molar-refractivity contribution in [2.75, 3.05) is 26.0 Å². The highest BCUT2D eigenvalue weighted by molar-refractivity contribution is 5.88. The van der Waals surface area contributed by atoms with Gasteiger partial charge in [0, 0.05) is 31.4 Å². The van der Waals surface area contributed by atoms with Crippen LogP contribution in [0, 0.1) is 5.92 Å². The topological polar surface area (TPSA) is 89.3 Å². The predicted octanol–water partition coefficient (Wildman–Crippen LogP) is 4.45. The fourth-order valence-electron chi connectivity index (χ4n) is 2.87. The molecular formula is C22H37N5O2. The normalized spacial score (nSPS) is 16.3. The number of aromatic carboxylic acids is 1. The number of rotatable bonds is 12. The minimum atomic E-state index is -0.927. The van der Waals surface area contributed by atoms with Crippen LogP contribution in [0.5, 0.6) is 0 Å². The SMILES string of the molecule is C/C=C(\C)C(CCN(C)/N=N\C(C)[C@H](C)C(C)NC)Nc1cccc(C(=O)O)c1. The van der Waals surface area contributed by atoms with Gasteiger partial charge in [-0.05, 0) is 65.3 Å². The molecule has 29 heavy (non-hydrogen) atoms. The summed E-state index contributed by atoms with van der Waals surface area (Å²) in [5.41, 5.74) is 2.27. The first-order chi connectivity index (χ1) is 13.7. The Morgan fingerprint density at radius 3 is 2.59 bits per heavy atom. The monoisotopic (exact) mass is 403 g/mol. The van der Waals surface area contributed by atoms with E-state index >= 15 is 0 Å². The average molecular weight is 404 g/mol. The zero-order valence-electron chi connectivity index (χ0n) is 18.8. The molecule has 162 valence electrons. The fourth-order valence-corrected chi connectivity index (χ4v) is 2.87. The standard InChI is InChI=1S/C22H37N5O2/c1-8-15(2)21(24-20-11-9-10-19(14-20)22(28)29)12-13-27(7)26-25-18(5)16(3)17(4)23-6/h8-11,14,16-18,21,23-24H,12-13H2,1-7H3,(H,28,29)/b15-8+,26-25-/t16-,17?,18?,21?/m1/s1. The molecule has 7 nitrogen and oxygen atoms in total. The predicted molar refractivity (Wildman–Crippen MR) is 119 cm³/mol. The molecule has 3 N–H and O–H groups in total. The molecule has 0 bridgehead atoms. The maximum atomic E-state index is 11.2. The van der Waals surface area contributed by atoms with Crippen LogP contribution in [0.15, 0.2) is 46.3 Å². The number of anilines is 1. The number of nitrogens with one attached hydrogen (secondary N) is 2. The van der Waals surface area contributed by atoms with Gasteiger partial charge in [0.15, 0.2) is 0 Å². The highest BCUT2D eigenvalue weighted by Gasteiger charge is 2.17. The van der Waals surface area contributed by atoms with Gasteiger partial charge in [0.25, 0.3) is 0 Å². The van der Waals surface area contributed by atoms with Gasteiger partial charge in [-0.1, -0.05) is 29.9 Å². The third-order valence-electron chi connectivity index (χ3n) is 5.59. The first-order valence-electron chi connectivity index (χ1n) is 10.2. The van der Waals surface area contributed by atoms with Gasteiger partial charge in [0.2, 0.25) is 0 Å². The van der Waals surface area contributed by atoms with E-state index in [9.17, 15) is 9.90 Å². The number of nitrogens with zero attached hydrogens (tertiary/aromatic N) is 3. The summed E-state index contributed by atoms with van der Waals surface area (Å²) in [6, 6.07) is 7.49. The molecule has 1 aromatic carbocycles. The molecule has 0 saturated heterocycles. The quantitative estimate of drug-likeness (QED) is 0.272. The summed E-state index contributed by atoms with van der Waals surface area (Å²) in [5.74, 6) is -0.539. The second-order valence-corrected chi connectivity index (χ2v) is 7.67. The highest BCUT2D eigenvalue weighted by Crippen LogP contribution is 2.18. The third-order valence-corrected chi connectivity index (χ3v) is 5.59. The van der Waals surface area contributed by atoms with Crippen molar-refractivity contribution in [1.82, 2.24) is 10.3 Å². The van der Waals surface area contributed by atoms with Gasteiger partial charge in [0.05, 0.1) is 11.6 Å². The summed E-state index contributed by atoms with van der Waals surface area (Å²) in [7, 11) is 3.88. The second kappa shape index (κ2) is 12.2. The molecule has 0 radical (unpaired) electrons. The van der Waals surface area contributed by atoms with Crippen molar-refractivity contribution in [3.8, 4) is 0 Å². The number of hydrogen-bond acceptors (Lipinski definition) is 5. The van der Waals surface area contributed by atoms with Crippen molar-refractivity contribution >= 4 is 11.7 Å². The minimum Gasteiger partial charge on any atom is -0.478 e. The van der Waals surface area contributed by atoms with Crippen LogP contribution in [-0.4, -0.2) is 54.9 Å². The van der Waals surface area contributed by atoms with E-state index in [2.05, 4.69) is 54.7 Å². The van der Waals surface area contributed by atoms with Gasteiger partial charge in [0.1, 0.15) is 0 Å². The number of benzene rings is 1. The molecule has 0 saturated carbocycles. The molecule has 0 heterocycles. The van der Waals surface area contributed by atoms with Gasteiger partial charge in [-0.15, -0.1) is 0 Å². The van der Waals surface area contributed by atoms with Crippen molar-refractivity contribution < 1.29 is 9.90 Å². The van der Waals surface area contributed by atoms with Crippen molar-refractivity contribution in [2.45, 2.75) is 59.2 Å². The van der Waals surface area contributed by atoms with Crippen LogP contribution in [0.3, 0.4) is 0 Å².